The molecule has 0 saturated carbocycles. The van der Waals surface area contributed by atoms with Crippen molar-refractivity contribution in [3.8, 4) is 0 Å². The zero-order valence-corrected chi connectivity index (χ0v) is 6.69. The Bertz CT molecular complexity index is 209. The number of nitrogens with two attached hydrogens (primary N) is 1. The van der Waals surface area contributed by atoms with E-state index >= 15 is 0 Å². The van der Waals surface area contributed by atoms with Gasteiger partial charge in [0.2, 0.25) is 6.08 Å². The van der Waals surface area contributed by atoms with Gasteiger partial charge in [-0.25, -0.2) is 10.2 Å². The van der Waals surface area contributed by atoms with Crippen molar-refractivity contribution in [2.75, 3.05) is 0 Å². The molecule has 0 aromatic heterocycles. The Labute approximate surface area is 73.7 Å². The molecule has 0 heterocycles. The first-order valence-corrected chi connectivity index (χ1v) is 3.19. The molecule has 0 aliphatic heterocycles. The summed E-state index contributed by atoms with van der Waals surface area (Å²) < 4.78 is 0. The van der Waals surface area contributed by atoms with Gasteiger partial charge < -0.3 is 15.9 Å². The fourth-order valence-electron chi connectivity index (χ4n) is 0.402. The van der Waals surface area contributed by atoms with Crippen molar-refractivity contribution < 1.29 is 24.6 Å². The average Bonchev–Trinajstić information content (AvgIpc) is 2.01. The highest BCUT2D eigenvalue weighted by atomic mass is 16.4. The number of carboxylic acid groups (broad SMARTS) is 2. The van der Waals surface area contributed by atoms with E-state index in [0.717, 1.165) is 6.08 Å². The first kappa shape index (κ1) is 13.8. The van der Waals surface area contributed by atoms with E-state index in [1.165, 1.54) is 0 Å². The van der Waals surface area contributed by atoms with Gasteiger partial charge >= 0.3 is 11.9 Å². The molecule has 0 rings (SSSR count). The predicted octanol–water partition coefficient (Wildman–Crippen LogP) is -0.836. The smallest absolute Gasteiger partial charge is 0.320 e. The number of carbonyl (C=O) groups is 2. The molecule has 0 spiro atoms. The second-order valence-corrected chi connectivity index (χ2v) is 1.98. The average molecular weight is 190 g/mol. The third kappa shape index (κ3) is 13.3. The molecule has 0 radical (unpaired) electrons. The first-order chi connectivity index (χ1) is 5.95. The molecule has 7 heteroatoms. The maximum absolute atomic E-state index is 9.99. The van der Waals surface area contributed by atoms with Crippen molar-refractivity contribution in [2.45, 2.75) is 18.9 Å². The van der Waals surface area contributed by atoms with Gasteiger partial charge in [-0.15, -0.1) is 0 Å². The lowest BCUT2D eigenvalue weighted by atomic mass is 10.2. The van der Waals surface area contributed by atoms with E-state index in [0.29, 0.717) is 0 Å². The highest BCUT2D eigenvalue weighted by Gasteiger charge is 2.12. The number of hydrogen-bond donors (Lipinski definition) is 4. The Balaban J connectivity index is 0. The van der Waals surface area contributed by atoms with E-state index in [-0.39, 0.29) is 12.8 Å². The van der Waals surface area contributed by atoms with Crippen molar-refractivity contribution >= 4 is 18.0 Å². The van der Waals surface area contributed by atoms with Crippen LogP contribution in [0.5, 0.6) is 0 Å². The van der Waals surface area contributed by atoms with Gasteiger partial charge in [0.25, 0.3) is 0 Å². The van der Waals surface area contributed by atoms with Gasteiger partial charge in [0, 0.05) is 6.42 Å². The third-order valence-electron chi connectivity index (χ3n) is 0.986. The van der Waals surface area contributed by atoms with Crippen LogP contribution in [0, 0.1) is 5.41 Å². The van der Waals surface area contributed by atoms with Crippen molar-refractivity contribution in [1.29, 1.82) is 5.41 Å². The third-order valence-corrected chi connectivity index (χ3v) is 0.986. The van der Waals surface area contributed by atoms with Crippen LogP contribution in [0.25, 0.3) is 0 Å². The minimum atomic E-state index is -1.17. The second-order valence-electron chi connectivity index (χ2n) is 1.98. The van der Waals surface area contributed by atoms with E-state index in [9.17, 15) is 9.59 Å². The Morgan fingerprint density at radius 1 is 1.46 bits per heavy atom. The van der Waals surface area contributed by atoms with Crippen molar-refractivity contribution in [3.63, 3.8) is 0 Å². The van der Waals surface area contributed by atoms with Gasteiger partial charge in [0.1, 0.15) is 6.04 Å². The van der Waals surface area contributed by atoms with Crippen LogP contribution in [0.3, 0.4) is 0 Å². The molecule has 13 heavy (non-hydrogen) atoms. The zero-order chi connectivity index (χ0) is 10.9. The normalized spacial score (nSPS) is 10.2. The van der Waals surface area contributed by atoms with E-state index in [1.807, 2.05) is 0 Å². The molecular weight excluding hydrogens is 180 g/mol. The lowest BCUT2D eigenvalue weighted by molar-refractivity contribution is -0.139. The minimum Gasteiger partial charge on any atom is -0.481 e. The Hall–Kier alpha value is -1.72. The molecule has 0 saturated heterocycles. The van der Waals surface area contributed by atoms with Crippen LogP contribution in [-0.4, -0.2) is 34.3 Å². The standard InChI is InChI=1S/C5H9NO4.CHNO/c6-3(5(9)10)1-2-4(7)8;2-1-3/h3H,1-2,6H2,(H,7,8)(H,9,10);2H. The number of carbonyl (C=O) groups excluding carboxylic acids is 1. The molecule has 0 aromatic carbocycles. The molecule has 0 amide bonds. The molecular formula is C6H10N2O5. The van der Waals surface area contributed by atoms with Crippen molar-refractivity contribution in [1.82, 2.24) is 0 Å². The quantitative estimate of drug-likeness (QED) is 0.336. The monoisotopic (exact) mass is 190 g/mol. The van der Waals surface area contributed by atoms with E-state index in [1.54, 1.807) is 0 Å². The lowest BCUT2D eigenvalue weighted by Crippen LogP contribution is -2.30. The van der Waals surface area contributed by atoms with E-state index in [2.05, 4.69) is 0 Å². The Morgan fingerprint density at radius 3 is 2.08 bits per heavy atom. The van der Waals surface area contributed by atoms with Crippen LogP contribution in [-0.2, 0) is 14.4 Å². The van der Waals surface area contributed by atoms with Crippen LogP contribution in [0.4, 0.5) is 0 Å². The molecule has 0 aliphatic rings. The highest BCUT2D eigenvalue weighted by Crippen LogP contribution is 1.93. The molecule has 0 aliphatic carbocycles. The van der Waals surface area contributed by atoms with Gasteiger partial charge in [0.15, 0.2) is 0 Å². The largest absolute Gasteiger partial charge is 0.481 e. The van der Waals surface area contributed by atoms with Crippen LogP contribution in [0.15, 0.2) is 0 Å². The summed E-state index contributed by atoms with van der Waals surface area (Å²) in [4.78, 5) is 28.2. The Morgan fingerprint density at radius 2 is 1.85 bits per heavy atom. The second kappa shape index (κ2) is 8.38. The van der Waals surface area contributed by atoms with Gasteiger partial charge in [-0.3, -0.25) is 9.59 Å². The summed E-state index contributed by atoms with van der Waals surface area (Å²) in [5, 5.41) is 21.7. The molecule has 0 fully saturated rings. The highest BCUT2D eigenvalue weighted by molar-refractivity contribution is 5.74. The summed E-state index contributed by atoms with van der Waals surface area (Å²) in [5.41, 5.74) is 5.00. The summed E-state index contributed by atoms with van der Waals surface area (Å²) in [5.74, 6) is -2.20. The SMILES string of the molecule is N=C=O.NC(CCC(=O)O)C(=O)O. The van der Waals surface area contributed by atoms with Crippen LogP contribution >= 0.6 is 0 Å². The summed E-state index contributed by atoms with van der Waals surface area (Å²) in [6.07, 6.45) is 0.526. The van der Waals surface area contributed by atoms with Crippen LogP contribution in [0.1, 0.15) is 12.8 Å². The van der Waals surface area contributed by atoms with Crippen LogP contribution in [0.2, 0.25) is 0 Å². The summed E-state index contributed by atoms with van der Waals surface area (Å²) in [6, 6.07) is -1.06. The minimum absolute atomic E-state index is 0.0231. The van der Waals surface area contributed by atoms with Gasteiger partial charge in [-0.1, -0.05) is 0 Å². The molecule has 0 aromatic rings. The lowest BCUT2D eigenvalue weighted by Gasteiger charge is -2.01. The summed E-state index contributed by atoms with van der Waals surface area (Å²) in [6.45, 7) is 0. The number of rotatable bonds is 4. The molecule has 1 unspecified atom stereocenters. The van der Waals surface area contributed by atoms with Crippen molar-refractivity contribution in [2.24, 2.45) is 5.73 Å². The number of isocyanates is 1. The molecule has 5 N–H and O–H groups in total. The van der Waals surface area contributed by atoms with Gasteiger partial charge in [-0.05, 0) is 6.42 Å². The van der Waals surface area contributed by atoms with Gasteiger partial charge in [-0.2, -0.15) is 0 Å². The number of hydrogen-bond acceptors (Lipinski definition) is 5. The first-order valence-electron chi connectivity index (χ1n) is 3.19. The molecule has 1 atom stereocenters. The fourth-order valence-corrected chi connectivity index (χ4v) is 0.402. The van der Waals surface area contributed by atoms with Gasteiger partial charge in [0.05, 0.1) is 0 Å². The predicted molar refractivity (Wildman–Crippen MR) is 40.9 cm³/mol. The molecule has 0 bridgehead atoms. The number of aliphatic carboxylic acids is 2. The van der Waals surface area contributed by atoms with Crippen molar-refractivity contribution in [3.05, 3.63) is 0 Å². The maximum Gasteiger partial charge on any atom is 0.320 e. The number of nitrogens with one attached hydrogen (secondary N) is 1. The summed E-state index contributed by atoms with van der Waals surface area (Å²) >= 11 is 0. The molecule has 7 nitrogen and oxygen atoms in total. The summed E-state index contributed by atoms with van der Waals surface area (Å²) in [7, 11) is 0. The van der Waals surface area contributed by atoms with Crippen LogP contribution < -0.4 is 5.73 Å². The van der Waals surface area contributed by atoms with E-state index in [4.69, 9.17) is 26.2 Å². The number of carboxylic acids is 2. The fraction of sp³-hybridized carbons (Fsp3) is 0.500. The topological polar surface area (TPSA) is 142 Å². The molecule has 74 valence electrons. The Kier molecular flexibility index (Phi) is 8.92. The zero-order valence-electron chi connectivity index (χ0n) is 6.69. The van der Waals surface area contributed by atoms with E-state index < -0.39 is 18.0 Å². The maximum atomic E-state index is 9.99.